The molecule has 0 radical (unpaired) electrons. The predicted molar refractivity (Wildman–Crippen MR) is 98.9 cm³/mol. The normalized spacial score (nSPS) is 15.4. The lowest BCUT2D eigenvalue weighted by molar-refractivity contribution is -0.123. The van der Waals surface area contributed by atoms with E-state index in [0.717, 1.165) is 22.9 Å². The molecule has 6 nitrogen and oxygen atoms in total. The number of carbonyl (C=O) groups excluding carboxylic acids is 1. The van der Waals surface area contributed by atoms with Crippen molar-refractivity contribution in [3.8, 4) is 11.4 Å². The summed E-state index contributed by atoms with van der Waals surface area (Å²) in [5.74, 6) is 0.875. The van der Waals surface area contributed by atoms with Crippen molar-refractivity contribution in [1.29, 1.82) is 0 Å². The van der Waals surface area contributed by atoms with E-state index in [0.29, 0.717) is 24.6 Å². The summed E-state index contributed by atoms with van der Waals surface area (Å²) in [4.78, 5) is 27.4. The van der Waals surface area contributed by atoms with Gasteiger partial charge in [0.2, 0.25) is 5.91 Å². The minimum Gasteiger partial charge on any atom is -0.347 e. The average molecular weight is 405 g/mol. The van der Waals surface area contributed by atoms with E-state index in [2.05, 4.69) is 36.4 Å². The van der Waals surface area contributed by atoms with Gasteiger partial charge in [-0.1, -0.05) is 41.4 Å². The number of rotatable bonds is 6. The van der Waals surface area contributed by atoms with Crippen molar-refractivity contribution in [2.24, 2.45) is 5.92 Å². The molecule has 1 aliphatic carbocycles. The third kappa shape index (κ3) is 4.34. The van der Waals surface area contributed by atoms with Crippen LogP contribution in [-0.4, -0.2) is 21.1 Å². The number of nitrogens with zero attached hydrogens (tertiary/aromatic N) is 2. The molecular weight excluding hydrogens is 384 g/mol. The van der Waals surface area contributed by atoms with Gasteiger partial charge >= 0.3 is 0 Å². The maximum Gasteiger partial charge on any atom is 0.275 e. The van der Waals surface area contributed by atoms with E-state index >= 15 is 0 Å². The molecule has 25 heavy (non-hydrogen) atoms. The first-order chi connectivity index (χ1) is 12.1. The summed E-state index contributed by atoms with van der Waals surface area (Å²) in [6.07, 6.45) is 4.55. The van der Waals surface area contributed by atoms with Crippen molar-refractivity contribution in [3.63, 3.8) is 0 Å². The second-order valence-electron chi connectivity index (χ2n) is 6.43. The number of amides is 1. The predicted octanol–water partition coefficient (Wildman–Crippen LogP) is 3.35. The molecule has 1 aromatic heterocycles. The minimum absolute atomic E-state index is 0.0196. The van der Waals surface area contributed by atoms with Crippen LogP contribution >= 0.6 is 15.9 Å². The van der Waals surface area contributed by atoms with E-state index in [-0.39, 0.29) is 17.2 Å². The van der Waals surface area contributed by atoms with Crippen LogP contribution in [0, 0.1) is 5.92 Å². The third-order valence-corrected chi connectivity index (χ3v) is 5.09. The van der Waals surface area contributed by atoms with Crippen LogP contribution in [0.5, 0.6) is 0 Å². The van der Waals surface area contributed by atoms with Crippen LogP contribution in [0.2, 0.25) is 0 Å². The number of aromatic amines is 1. The molecule has 1 amide bonds. The molecule has 1 fully saturated rings. The first kappa shape index (κ1) is 17.8. The van der Waals surface area contributed by atoms with Crippen molar-refractivity contribution in [1.82, 2.24) is 20.5 Å². The lowest BCUT2D eigenvalue weighted by Crippen LogP contribution is -2.35. The summed E-state index contributed by atoms with van der Waals surface area (Å²) in [5, 5.41) is 11.2. The average Bonchev–Trinajstić information content (AvgIpc) is 2.56. The molecule has 1 aliphatic rings. The Morgan fingerprint density at radius 1 is 1.40 bits per heavy atom. The quantitative estimate of drug-likeness (QED) is 0.772. The van der Waals surface area contributed by atoms with Crippen molar-refractivity contribution >= 4 is 21.8 Å². The van der Waals surface area contributed by atoms with Crippen LogP contribution in [0.3, 0.4) is 0 Å². The first-order valence-electron chi connectivity index (χ1n) is 8.59. The molecule has 0 bridgehead atoms. The molecule has 1 atom stereocenters. The highest BCUT2D eigenvalue weighted by atomic mass is 79.9. The summed E-state index contributed by atoms with van der Waals surface area (Å²) in [6.45, 7) is 1.91. The Morgan fingerprint density at radius 3 is 2.80 bits per heavy atom. The zero-order valence-electron chi connectivity index (χ0n) is 14.1. The Hall–Kier alpha value is -2.02. The summed E-state index contributed by atoms with van der Waals surface area (Å²) in [7, 11) is 0. The molecule has 1 saturated carbocycles. The molecule has 7 heteroatoms. The number of halogens is 1. The number of hydrogen-bond donors (Lipinski definition) is 2. The van der Waals surface area contributed by atoms with E-state index in [1.54, 1.807) is 0 Å². The highest BCUT2D eigenvalue weighted by Crippen LogP contribution is 2.29. The Bertz CT molecular complexity index is 817. The SMILES string of the molecule is CCC(NC(=O)CC1CCC1)c1nnc(-c2cccc(Br)c2)[nH]c1=O. The largest absolute Gasteiger partial charge is 0.347 e. The molecule has 0 aliphatic heterocycles. The molecule has 1 heterocycles. The van der Waals surface area contributed by atoms with Gasteiger partial charge in [-0.2, -0.15) is 0 Å². The molecule has 2 aromatic rings. The van der Waals surface area contributed by atoms with E-state index in [1.165, 1.54) is 6.42 Å². The fraction of sp³-hybridized carbons (Fsp3) is 0.444. The Balaban J connectivity index is 1.76. The zero-order chi connectivity index (χ0) is 17.8. The van der Waals surface area contributed by atoms with Gasteiger partial charge in [0.1, 0.15) is 0 Å². The van der Waals surface area contributed by atoms with Gasteiger partial charge < -0.3 is 10.3 Å². The van der Waals surface area contributed by atoms with Crippen molar-refractivity contribution in [3.05, 3.63) is 44.8 Å². The summed E-state index contributed by atoms with van der Waals surface area (Å²) in [5.41, 5.74) is 0.705. The van der Waals surface area contributed by atoms with Gasteiger partial charge in [0.25, 0.3) is 5.56 Å². The molecule has 2 N–H and O–H groups in total. The zero-order valence-corrected chi connectivity index (χ0v) is 15.7. The van der Waals surface area contributed by atoms with Crippen LogP contribution < -0.4 is 10.9 Å². The van der Waals surface area contributed by atoms with E-state index in [4.69, 9.17) is 0 Å². The fourth-order valence-corrected chi connectivity index (χ4v) is 3.31. The molecule has 1 aromatic carbocycles. The standard InChI is InChI=1S/C18H21BrN4O2/c1-2-14(20-15(24)9-11-5-3-6-11)16-18(25)21-17(23-22-16)12-7-4-8-13(19)10-12/h4,7-8,10-11,14H,2-3,5-6,9H2,1H3,(H,20,24)(H,21,23,25). The summed E-state index contributed by atoms with van der Waals surface area (Å²) in [6, 6.07) is 7.05. The number of H-pyrrole nitrogens is 1. The molecule has 0 spiro atoms. The topological polar surface area (TPSA) is 87.7 Å². The Labute approximate surface area is 154 Å². The first-order valence-corrected chi connectivity index (χ1v) is 9.38. The number of carbonyl (C=O) groups is 1. The van der Waals surface area contributed by atoms with Crippen LogP contribution in [0.4, 0.5) is 0 Å². The van der Waals surface area contributed by atoms with Crippen molar-refractivity contribution in [2.45, 2.75) is 45.1 Å². The lowest BCUT2D eigenvalue weighted by atomic mass is 9.83. The highest BCUT2D eigenvalue weighted by Gasteiger charge is 2.24. The van der Waals surface area contributed by atoms with Crippen molar-refractivity contribution < 1.29 is 4.79 Å². The monoisotopic (exact) mass is 404 g/mol. The van der Waals surface area contributed by atoms with Gasteiger partial charge in [-0.05, 0) is 37.3 Å². The van der Waals surface area contributed by atoms with Gasteiger partial charge in [0, 0.05) is 16.5 Å². The van der Waals surface area contributed by atoms with E-state index in [1.807, 2.05) is 31.2 Å². The smallest absolute Gasteiger partial charge is 0.275 e. The highest BCUT2D eigenvalue weighted by molar-refractivity contribution is 9.10. The van der Waals surface area contributed by atoms with Gasteiger partial charge in [-0.3, -0.25) is 9.59 Å². The van der Waals surface area contributed by atoms with Crippen LogP contribution in [-0.2, 0) is 4.79 Å². The van der Waals surface area contributed by atoms with Crippen LogP contribution in [0.15, 0.2) is 33.5 Å². The second-order valence-corrected chi connectivity index (χ2v) is 7.34. The van der Waals surface area contributed by atoms with E-state index < -0.39 is 6.04 Å². The Morgan fingerprint density at radius 2 is 2.20 bits per heavy atom. The van der Waals surface area contributed by atoms with Crippen LogP contribution in [0.1, 0.15) is 50.8 Å². The number of aromatic nitrogens is 3. The molecular formula is C18H21BrN4O2. The van der Waals surface area contributed by atoms with E-state index in [9.17, 15) is 9.59 Å². The fourth-order valence-electron chi connectivity index (χ4n) is 2.92. The van der Waals surface area contributed by atoms with Crippen molar-refractivity contribution in [2.75, 3.05) is 0 Å². The van der Waals surface area contributed by atoms with Crippen LogP contribution in [0.25, 0.3) is 11.4 Å². The van der Waals surface area contributed by atoms with Gasteiger partial charge in [0.05, 0.1) is 6.04 Å². The number of benzene rings is 1. The third-order valence-electron chi connectivity index (χ3n) is 4.59. The second kappa shape index (κ2) is 7.91. The lowest BCUT2D eigenvalue weighted by Gasteiger charge is -2.25. The number of hydrogen-bond acceptors (Lipinski definition) is 4. The maximum atomic E-state index is 12.4. The van der Waals surface area contributed by atoms with Gasteiger partial charge in [0.15, 0.2) is 11.5 Å². The molecule has 3 rings (SSSR count). The maximum absolute atomic E-state index is 12.4. The number of nitrogens with one attached hydrogen (secondary N) is 2. The van der Waals surface area contributed by atoms with Gasteiger partial charge in [-0.25, -0.2) is 0 Å². The molecule has 0 saturated heterocycles. The van der Waals surface area contributed by atoms with Gasteiger partial charge in [-0.15, -0.1) is 10.2 Å². The molecule has 1 unspecified atom stereocenters. The minimum atomic E-state index is -0.416. The summed E-state index contributed by atoms with van der Waals surface area (Å²) < 4.78 is 0.895. The Kier molecular flexibility index (Phi) is 5.63. The summed E-state index contributed by atoms with van der Waals surface area (Å²) >= 11 is 3.40. The molecule has 132 valence electrons.